The van der Waals surface area contributed by atoms with Crippen molar-refractivity contribution in [1.29, 1.82) is 0 Å². The Balaban J connectivity index is 2.66. The molecule has 1 aromatic rings. The van der Waals surface area contributed by atoms with Gasteiger partial charge in [0.05, 0.1) is 13.7 Å². The largest absolute Gasteiger partial charge is 0.494 e. The highest BCUT2D eigenvalue weighted by molar-refractivity contribution is 5.79. The molecule has 0 saturated heterocycles. The number of hydrogen-bond acceptors (Lipinski definition) is 4. The van der Waals surface area contributed by atoms with Crippen molar-refractivity contribution in [3.63, 3.8) is 0 Å². The Bertz CT molecular complexity index is 446. The number of hydrogen-bond donors (Lipinski definition) is 1. The van der Waals surface area contributed by atoms with Gasteiger partial charge in [0.15, 0.2) is 11.6 Å². The number of benzene rings is 1. The maximum atomic E-state index is 13.5. The van der Waals surface area contributed by atoms with Crippen LogP contribution in [0.5, 0.6) is 5.75 Å². The van der Waals surface area contributed by atoms with E-state index in [9.17, 15) is 9.18 Å². The average Bonchev–Trinajstić information content (AvgIpc) is 2.37. The fourth-order valence-corrected chi connectivity index (χ4v) is 1.53. The molecule has 0 spiro atoms. The minimum absolute atomic E-state index is 0.202. The lowest BCUT2D eigenvalue weighted by Crippen LogP contribution is -2.47. The van der Waals surface area contributed by atoms with Crippen LogP contribution in [0.1, 0.15) is 26.3 Å². The first-order chi connectivity index (χ1) is 8.90. The predicted octanol–water partition coefficient (Wildman–Crippen LogP) is 2.27. The highest BCUT2D eigenvalue weighted by atomic mass is 19.1. The van der Waals surface area contributed by atoms with Crippen LogP contribution in [0.4, 0.5) is 4.39 Å². The minimum atomic E-state index is -0.813. The van der Waals surface area contributed by atoms with Gasteiger partial charge in [-0.2, -0.15) is 0 Å². The summed E-state index contributed by atoms with van der Waals surface area (Å²) in [6.07, 6.45) is 0. The molecule has 0 saturated carbocycles. The molecule has 0 amide bonds. The zero-order chi connectivity index (χ0) is 14.5. The topological polar surface area (TPSA) is 47.6 Å². The summed E-state index contributed by atoms with van der Waals surface area (Å²) >= 11 is 0. The van der Waals surface area contributed by atoms with Gasteiger partial charge in [0, 0.05) is 6.54 Å². The molecular weight excluding hydrogens is 249 g/mol. The van der Waals surface area contributed by atoms with Crippen LogP contribution >= 0.6 is 0 Å². The third-order valence-electron chi connectivity index (χ3n) is 2.74. The monoisotopic (exact) mass is 269 g/mol. The van der Waals surface area contributed by atoms with Crippen molar-refractivity contribution in [2.75, 3.05) is 13.7 Å². The average molecular weight is 269 g/mol. The number of carbonyl (C=O) groups excluding carboxylic acids is 1. The third-order valence-corrected chi connectivity index (χ3v) is 2.74. The molecule has 0 heterocycles. The molecule has 5 heteroatoms. The Kier molecular flexibility index (Phi) is 5.30. The molecule has 0 fully saturated rings. The standard InChI is InChI=1S/C14H20FNO3/c1-5-19-13(17)14(2,3)16-9-10-6-7-12(18-4)11(15)8-10/h6-8,16H,5,9H2,1-4H3. The van der Waals surface area contributed by atoms with Gasteiger partial charge < -0.3 is 9.47 Å². The molecule has 1 aromatic carbocycles. The normalized spacial score (nSPS) is 11.2. The van der Waals surface area contributed by atoms with E-state index in [1.54, 1.807) is 32.9 Å². The summed E-state index contributed by atoms with van der Waals surface area (Å²) in [5, 5.41) is 3.04. The molecule has 106 valence electrons. The molecule has 1 N–H and O–H groups in total. The molecule has 0 atom stereocenters. The molecule has 0 radical (unpaired) electrons. The lowest BCUT2D eigenvalue weighted by molar-refractivity contribution is -0.149. The Labute approximate surface area is 112 Å². The van der Waals surface area contributed by atoms with E-state index >= 15 is 0 Å². The first-order valence-electron chi connectivity index (χ1n) is 6.15. The van der Waals surface area contributed by atoms with Crippen molar-refractivity contribution in [2.45, 2.75) is 32.9 Å². The minimum Gasteiger partial charge on any atom is -0.494 e. The number of rotatable bonds is 6. The van der Waals surface area contributed by atoms with Crippen molar-refractivity contribution in [1.82, 2.24) is 5.32 Å². The van der Waals surface area contributed by atoms with Crippen molar-refractivity contribution in [3.8, 4) is 5.75 Å². The first kappa shape index (κ1) is 15.4. The van der Waals surface area contributed by atoms with Crippen LogP contribution in [0, 0.1) is 5.82 Å². The second-order valence-corrected chi connectivity index (χ2v) is 4.67. The SMILES string of the molecule is CCOC(=O)C(C)(C)NCc1ccc(OC)c(F)c1. The van der Waals surface area contributed by atoms with Gasteiger partial charge >= 0.3 is 5.97 Å². The molecule has 0 unspecified atom stereocenters. The van der Waals surface area contributed by atoms with Gasteiger partial charge in [-0.15, -0.1) is 0 Å². The van der Waals surface area contributed by atoms with Gasteiger partial charge in [-0.05, 0) is 38.5 Å². The first-order valence-corrected chi connectivity index (χ1v) is 6.15. The molecular formula is C14H20FNO3. The Morgan fingerprint density at radius 2 is 2.11 bits per heavy atom. The van der Waals surface area contributed by atoms with Gasteiger partial charge in [-0.3, -0.25) is 10.1 Å². The summed E-state index contributed by atoms with van der Waals surface area (Å²) < 4.78 is 23.3. The van der Waals surface area contributed by atoms with E-state index in [1.165, 1.54) is 13.2 Å². The Hall–Kier alpha value is -1.62. The lowest BCUT2D eigenvalue weighted by Gasteiger charge is -2.24. The van der Waals surface area contributed by atoms with Crippen LogP contribution in [0.3, 0.4) is 0 Å². The van der Waals surface area contributed by atoms with E-state index in [-0.39, 0.29) is 11.7 Å². The molecule has 0 aliphatic heterocycles. The summed E-state index contributed by atoms with van der Waals surface area (Å²) in [5.74, 6) is -0.548. The fourth-order valence-electron chi connectivity index (χ4n) is 1.53. The quantitative estimate of drug-likeness (QED) is 0.805. The van der Waals surface area contributed by atoms with Crippen molar-refractivity contribution < 1.29 is 18.7 Å². The van der Waals surface area contributed by atoms with Gasteiger partial charge in [-0.25, -0.2) is 4.39 Å². The van der Waals surface area contributed by atoms with Gasteiger partial charge in [0.1, 0.15) is 5.54 Å². The predicted molar refractivity (Wildman–Crippen MR) is 70.5 cm³/mol. The van der Waals surface area contributed by atoms with E-state index in [4.69, 9.17) is 9.47 Å². The molecule has 1 rings (SSSR count). The highest BCUT2D eigenvalue weighted by Gasteiger charge is 2.28. The Morgan fingerprint density at radius 1 is 1.42 bits per heavy atom. The number of halogens is 1. The molecule has 0 aliphatic rings. The van der Waals surface area contributed by atoms with E-state index in [0.29, 0.717) is 13.2 Å². The number of esters is 1. The van der Waals surface area contributed by atoms with Gasteiger partial charge in [0.2, 0.25) is 0 Å². The van der Waals surface area contributed by atoms with Crippen LogP contribution in [-0.2, 0) is 16.1 Å². The van der Waals surface area contributed by atoms with E-state index in [2.05, 4.69) is 5.32 Å². The Morgan fingerprint density at radius 3 is 2.63 bits per heavy atom. The van der Waals surface area contributed by atoms with Crippen LogP contribution in [0.15, 0.2) is 18.2 Å². The molecule has 4 nitrogen and oxygen atoms in total. The fraction of sp³-hybridized carbons (Fsp3) is 0.500. The number of carbonyl (C=O) groups is 1. The van der Waals surface area contributed by atoms with E-state index in [1.807, 2.05) is 0 Å². The van der Waals surface area contributed by atoms with Crippen molar-refractivity contribution in [2.24, 2.45) is 0 Å². The highest BCUT2D eigenvalue weighted by Crippen LogP contribution is 2.18. The zero-order valence-electron chi connectivity index (χ0n) is 11.7. The summed E-state index contributed by atoms with van der Waals surface area (Å²) in [6, 6.07) is 4.69. The zero-order valence-corrected chi connectivity index (χ0v) is 11.7. The van der Waals surface area contributed by atoms with Gasteiger partial charge in [-0.1, -0.05) is 6.07 Å². The van der Waals surface area contributed by atoms with Crippen LogP contribution in [0.25, 0.3) is 0 Å². The van der Waals surface area contributed by atoms with Crippen molar-refractivity contribution >= 4 is 5.97 Å². The van der Waals surface area contributed by atoms with E-state index < -0.39 is 11.4 Å². The molecule has 19 heavy (non-hydrogen) atoms. The second-order valence-electron chi connectivity index (χ2n) is 4.67. The van der Waals surface area contributed by atoms with Gasteiger partial charge in [0.25, 0.3) is 0 Å². The van der Waals surface area contributed by atoms with Crippen LogP contribution in [0.2, 0.25) is 0 Å². The number of nitrogens with one attached hydrogen (secondary N) is 1. The molecule has 0 bridgehead atoms. The summed E-state index contributed by atoms with van der Waals surface area (Å²) in [7, 11) is 1.42. The number of methoxy groups -OCH3 is 1. The molecule has 0 aromatic heterocycles. The molecule has 0 aliphatic carbocycles. The maximum Gasteiger partial charge on any atom is 0.325 e. The van der Waals surface area contributed by atoms with Crippen molar-refractivity contribution in [3.05, 3.63) is 29.6 Å². The van der Waals surface area contributed by atoms with Crippen LogP contribution < -0.4 is 10.1 Å². The third kappa shape index (κ3) is 4.21. The second kappa shape index (κ2) is 6.52. The maximum absolute atomic E-state index is 13.5. The van der Waals surface area contributed by atoms with Crippen LogP contribution in [-0.4, -0.2) is 25.2 Å². The lowest BCUT2D eigenvalue weighted by atomic mass is 10.1. The summed E-state index contributed by atoms with van der Waals surface area (Å²) in [4.78, 5) is 11.7. The smallest absolute Gasteiger partial charge is 0.325 e. The van der Waals surface area contributed by atoms with E-state index in [0.717, 1.165) is 5.56 Å². The number of ether oxygens (including phenoxy) is 2. The summed E-state index contributed by atoms with van der Waals surface area (Å²) in [6.45, 7) is 5.91. The summed E-state index contributed by atoms with van der Waals surface area (Å²) in [5.41, 5.74) is -0.0810.